The molecule has 0 saturated heterocycles. The number of nitrogens with one attached hydrogen (secondary N) is 1. The second kappa shape index (κ2) is 9.09. The maximum Gasteiger partial charge on any atom is 0.245 e. The van der Waals surface area contributed by atoms with Crippen molar-refractivity contribution in [3.63, 3.8) is 0 Å². The third-order valence-electron chi connectivity index (χ3n) is 4.90. The summed E-state index contributed by atoms with van der Waals surface area (Å²) in [6.45, 7) is 0.364. The van der Waals surface area contributed by atoms with E-state index in [1.807, 2.05) is 41.0 Å². The van der Waals surface area contributed by atoms with Crippen LogP contribution in [0.15, 0.2) is 71.7 Å². The molecule has 7 nitrogen and oxygen atoms in total. The zero-order chi connectivity index (χ0) is 21.6. The van der Waals surface area contributed by atoms with Crippen molar-refractivity contribution in [3.8, 4) is 11.8 Å². The van der Waals surface area contributed by atoms with E-state index in [2.05, 4.69) is 16.4 Å². The summed E-state index contributed by atoms with van der Waals surface area (Å²) in [6.07, 6.45) is 2.56. The van der Waals surface area contributed by atoms with Crippen LogP contribution in [0.5, 0.6) is 5.75 Å². The van der Waals surface area contributed by atoms with Crippen molar-refractivity contribution in [1.29, 1.82) is 5.26 Å². The molecular weight excluding hydrogens is 392 g/mol. The molecule has 0 fully saturated rings. The molecule has 2 heterocycles. The second-order valence-electron chi connectivity index (χ2n) is 6.96. The summed E-state index contributed by atoms with van der Waals surface area (Å²) in [5.74, 6) is 0.474. The van der Waals surface area contributed by atoms with Gasteiger partial charge in [0.1, 0.15) is 6.54 Å². The average Bonchev–Trinajstić information content (AvgIpc) is 2.80. The number of carbonyl (C=O) groups excluding carboxylic acids is 1. The second-order valence-corrected chi connectivity index (χ2v) is 6.96. The van der Waals surface area contributed by atoms with Crippen LogP contribution in [0, 0.1) is 11.3 Å². The fraction of sp³-hybridized carbons (Fsp3) is 0.167. The van der Waals surface area contributed by atoms with E-state index in [0.29, 0.717) is 52.8 Å². The van der Waals surface area contributed by atoms with Gasteiger partial charge in [-0.3, -0.25) is 9.59 Å². The molecular formula is C24H20N4O3. The van der Waals surface area contributed by atoms with Gasteiger partial charge in [0.15, 0.2) is 17.0 Å². The van der Waals surface area contributed by atoms with Crippen LogP contribution in [0.3, 0.4) is 0 Å². The molecule has 2 aromatic heterocycles. The summed E-state index contributed by atoms with van der Waals surface area (Å²) in [7, 11) is 0. The van der Waals surface area contributed by atoms with Crippen molar-refractivity contribution in [3.05, 3.63) is 77.1 Å². The Hall–Kier alpha value is -4.18. The van der Waals surface area contributed by atoms with E-state index in [-0.39, 0.29) is 17.9 Å². The minimum Gasteiger partial charge on any atom is -0.490 e. The van der Waals surface area contributed by atoms with Gasteiger partial charge in [0.25, 0.3) is 0 Å². The van der Waals surface area contributed by atoms with Gasteiger partial charge >= 0.3 is 0 Å². The van der Waals surface area contributed by atoms with Crippen molar-refractivity contribution in [2.45, 2.75) is 19.4 Å². The third-order valence-corrected chi connectivity index (χ3v) is 4.90. The zero-order valence-corrected chi connectivity index (χ0v) is 16.7. The van der Waals surface area contributed by atoms with E-state index in [4.69, 9.17) is 10.00 Å². The Bertz CT molecular complexity index is 1290. The van der Waals surface area contributed by atoms with Crippen LogP contribution in [0.2, 0.25) is 0 Å². The number of pyridine rings is 2. The number of amides is 1. The molecule has 0 aliphatic carbocycles. The number of para-hydroxylation sites is 2. The predicted molar refractivity (Wildman–Crippen MR) is 119 cm³/mol. The molecule has 7 heteroatoms. The highest BCUT2D eigenvalue weighted by molar-refractivity contribution is 5.97. The smallest absolute Gasteiger partial charge is 0.245 e. The third kappa shape index (κ3) is 4.23. The molecule has 2 aromatic carbocycles. The summed E-state index contributed by atoms with van der Waals surface area (Å²) in [5, 5.41) is 12.6. The Kier molecular flexibility index (Phi) is 5.90. The van der Waals surface area contributed by atoms with Crippen molar-refractivity contribution < 1.29 is 9.53 Å². The lowest BCUT2D eigenvalue weighted by atomic mass is 10.1. The lowest BCUT2D eigenvalue weighted by Gasteiger charge is -2.16. The number of ether oxygens (including phenoxy) is 1. The van der Waals surface area contributed by atoms with Gasteiger partial charge in [0.2, 0.25) is 5.91 Å². The minimum absolute atomic E-state index is 0.00571. The zero-order valence-electron chi connectivity index (χ0n) is 16.7. The van der Waals surface area contributed by atoms with Crippen LogP contribution in [0.1, 0.15) is 12.8 Å². The SMILES string of the molecule is N#CCCCOc1cccnc1NC(=O)Cn1c2ccccc2c(=O)c2ccccc21. The molecule has 0 aliphatic heterocycles. The molecule has 0 aliphatic rings. The lowest BCUT2D eigenvalue weighted by Crippen LogP contribution is -2.22. The Morgan fingerprint density at radius 2 is 1.71 bits per heavy atom. The van der Waals surface area contributed by atoms with E-state index in [1.54, 1.807) is 30.5 Å². The first-order chi connectivity index (χ1) is 15.2. The highest BCUT2D eigenvalue weighted by Crippen LogP contribution is 2.22. The molecule has 1 amide bonds. The highest BCUT2D eigenvalue weighted by Gasteiger charge is 2.14. The van der Waals surface area contributed by atoms with Crippen molar-refractivity contribution >= 4 is 33.5 Å². The van der Waals surface area contributed by atoms with Crippen molar-refractivity contribution in [2.24, 2.45) is 0 Å². The van der Waals surface area contributed by atoms with E-state index < -0.39 is 0 Å². The number of aromatic nitrogens is 2. The van der Waals surface area contributed by atoms with Gasteiger partial charge in [-0.05, 0) is 42.8 Å². The molecule has 0 bridgehead atoms. The van der Waals surface area contributed by atoms with E-state index in [0.717, 1.165) is 0 Å². The number of hydrogen-bond donors (Lipinski definition) is 1. The van der Waals surface area contributed by atoms with Gasteiger partial charge in [-0.2, -0.15) is 5.26 Å². The van der Waals surface area contributed by atoms with Crippen LogP contribution < -0.4 is 15.5 Å². The van der Waals surface area contributed by atoms with Gasteiger partial charge in [0, 0.05) is 23.4 Å². The molecule has 0 radical (unpaired) electrons. The largest absolute Gasteiger partial charge is 0.490 e. The Labute approximate surface area is 178 Å². The number of hydrogen-bond acceptors (Lipinski definition) is 5. The van der Waals surface area contributed by atoms with Crippen molar-refractivity contribution in [1.82, 2.24) is 9.55 Å². The number of benzene rings is 2. The number of fused-ring (bicyclic) bond motifs is 2. The normalized spacial score (nSPS) is 10.7. The maximum atomic E-state index is 12.9. The Balaban J connectivity index is 1.64. The Morgan fingerprint density at radius 3 is 2.39 bits per heavy atom. The molecule has 0 saturated carbocycles. The van der Waals surface area contributed by atoms with Crippen molar-refractivity contribution in [2.75, 3.05) is 11.9 Å². The molecule has 4 aromatic rings. The van der Waals surface area contributed by atoms with E-state index in [9.17, 15) is 9.59 Å². The number of nitrogens with zero attached hydrogens (tertiary/aromatic N) is 3. The van der Waals surface area contributed by atoms with E-state index in [1.165, 1.54) is 0 Å². The maximum absolute atomic E-state index is 12.9. The molecule has 0 atom stereocenters. The van der Waals surface area contributed by atoms with E-state index >= 15 is 0 Å². The summed E-state index contributed by atoms with van der Waals surface area (Å²) in [6, 6.07) is 20.0. The highest BCUT2D eigenvalue weighted by atomic mass is 16.5. The number of carbonyl (C=O) groups is 1. The summed E-state index contributed by atoms with van der Waals surface area (Å²) >= 11 is 0. The van der Waals surface area contributed by atoms with Crippen LogP contribution in [0.4, 0.5) is 5.82 Å². The topological polar surface area (TPSA) is 97.0 Å². The monoisotopic (exact) mass is 412 g/mol. The number of unbranched alkanes of at least 4 members (excludes halogenated alkanes) is 1. The first kappa shape index (κ1) is 20.1. The fourth-order valence-corrected chi connectivity index (χ4v) is 3.50. The summed E-state index contributed by atoms with van der Waals surface area (Å²) in [4.78, 5) is 30.0. The molecule has 31 heavy (non-hydrogen) atoms. The molecule has 1 N–H and O–H groups in total. The Morgan fingerprint density at radius 1 is 1.03 bits per heavy atom. The first-order valence-corrected chi connectivity index (χ1v) is 9.94. The van der Waals surface area contributed by atoms with Crippen LogP contribution in [-0.2, 0) is 11.3 Å². The fourth-order valence-electron chi connectivity index (χ4n) is 3.50. The van der Waals surface area contributed by atoms with Crippen LogP contribution >= 0.6 is 0 Å². The van der Waals surface area contributed by atoms with Crippen LogP contribution in [-0.4, -0.2) is 22.1 Å². The standard InChI is InChI=1S/C24H20N4O3/c25-13-5-6-15-31-21-12-7-14-26-24(21)27-22(29)16-28-19-10-3-1-8-17(19)23(30)18-9-2-4-11-20(18)28/h1-4,7-12,14H,5-6,15-16H2,(H,26,27,29). The quantitative estimate of drug-likeness (QED) is 0.367. The van der Waals surface area contributed by atoms with Gasteiger partial charge in [-0.15, -0.1) is 0 Å². The minimum atomic E-state index is -0.292. The number of anilines is 1. The molecule has 4 rings (SSSR count). The van der Waals surface area contributed by atoms with Crippen LogP contribution in [0.25, 0.3) is 21.8 Å². The molecule has 0 unspecified atom stereocenters. The lowest BCUT2D eigenvalue weighted by molar-refractivity contribution is -0.116. The number of nitriles is 1. The van der Waals surface area contributed by atoms with Gasteiger partial charge in [-0.1, -0.05) is 24.3 Å². The molecule has 0 spiro atoms. The van der Waals surface area contributed by atoms with Gasteiger partial charge in [0.05, 0.1) is 23.7 Å². The number of rotatable bonds is 7. The predicted octanol–water partition coefficient (Wildman–Crippen LogP) is 3.87. The summed E-state index contributed by atoms with van der Waals surface area (Å²) < 4.78 is 7.50. The molecule has 154 valence electrons. The van der Waals surface area contributed by atoms with Gasteiger partial charge in [-0.25, -0.2) is 4.98 Å². The summed E-state index contributed by atoms with van der Waals surface area (Å²) in [5.41, 5.74) is 1.33. The average molecular weight is 412 g/mol. The van der Waals surface area contributed by atoms with Gasteiger partial charge < -0.3 is 14.6 Å². The first-order valence-electron chi connectivity index (χ1n) is 9.94.